The van der Waals surface area contributed by atoms with Gasteiger partial charge in [-0.1, -0.05) is 18.5 Å². The highest BCUT2D eigenvalue weighted by Crippen LogP contribution is 2.31. The molecule has 1 N–H and O–H groups in total. The van der Waals surface area contributed by atoms with Crippen LogP contribution in [0, 0.1) is 0 Å². The average molecular weight is 393 g/mol. The van der Waals surface area contributed by atoms with Crippen molar-refractivity contribution in [2.45, 2.75) is 13.3 Å². The number of likely N-dealkylation sites (N-methyl/N-ethyl adjacent to an activating group) is 1. The number of piperazine rings is 1. The van der Waals surface area contributed by atoms with Crippen molar-refractivity contribution in [3.8, 4) is 0 Å². The summed E-state index contributed by atoms with van der Waals surface area (Å²) in [6.07, 6.45) is 0.737. The number of ether oxygens (including phenoxy) is 1. The molecule has 0 aliphatic carbocycles. The predicted octanol–water partition coefficient (Wildman–Crippen LogP) is 0.407. The van der Waals surface area contributed by atoms with Gasteiger partial charge in [-0.25, -0.2) is 9.69 Å². The van der Waals surface area contributed by atoms with Crippen LogP contribution in [-0.4, -0.2) is 62.5 Å². The molecule has 0 atom stereocenters. The van der Waals surface area contributed by atoms with E-state index in [2.05, 4.69) is 7.05 Å². The first-order valence-corrected chi connectivity index (χ1v) is 9.43. The summed E-state index contributed by atoms with van der Waals surface area (Å²) < 4.78 is 5.08. The van der Waals surface area contributed by atoms with Crippen LogP contribution < -0.4 is 9.80 Å². The molecule has 7 nitrogen and oxygen atoms in total. The van der Waals surface area contributed by atoms with Crippen LogP contribution >= 0.6 is 11.6 Å². The van der Waals surface area contributed by atoms with Gasteiger partial charge in [-0.2, -0.15) is 0 Å². The van der Waals surface area contributed by atoms with E-state index in [0.29, 0.717) is 30.9 Å². The van der Waals surface area contributed by atoms with E-state index < -0.39 is 17.8 Å². The second-order valence-corrected chi connectivity index (χ2v) is 7.11. The lowest BCUT2D eigenvalue weighted by molar-refractivity contribution is -0.883. The zero-order valence-corrected chi connectivity index (χ0v) is 16.2. The third-order valence-corrected chi connectivity index (χ3v) is 5.08. The highest BCUT2D eigenvalue weighted by Gasteiger charge is 2.42. The van der Waals surface area contributed by atoms with Gasteiger partial charge in [0.1, 0.15) is 10.7 Å². The lowest BCUT2D eigenvalue weighted by atomic mass is 10.2. The van der Waals surface area contributed by atoms with Crippen LogP contribution in [0.3, 0.4) is 0 Å². The van der Waals surface area contributed by atoms with Crippen LogP contribution in [0.2, 0.25) is 0 Å². The highest BCUT2D eigenvalue weighted by atomic mass is 35.5. The van der Waals surface area contributed by atoms with Gasteiger partial charge in [0.2, 0.25) is 0 Å². The Morgan fingerprint density at radius 3 is 2.37 bits per heavy atom. The minimum atomic E-state index is -0.538. The van der Waals surface area contributed by atoms with E-state index in [4.69, 9.17) is 16.3 Å². The van der Waals surface area contributed by atoms with Crippen molar-refractivity contribution in [3.63, 3.8) is 0 Å². The van der Waals surface area contributed by atoms with Crippen molar-refractivity contribution in [2.75, 3.05) is 44.7 Å². The number of carbonyl (C=O) groups is 3. The molecular weight excluding hydrogens is 370 g/mol. The lowest BCUT2D eigenvalue weighted by Crippen LogP contribution is -3.11. The van der Waals surface area contributed by atoms with Crippen molar-refractivity contribution in [1.82, 2.24) is 4.90 Å². The van der Waals surface area contributed by atoms with Crippen molar-refractivity contribution in [1.29, 1.82) is 0 Å². The normalized spacial score (nSPS) is 18.5. The number of hydrogen-bond donors (Lipinski definition) is 1. The summed E-state index contributed by atoms with van der Waals surface area (Å²) in [5, 5.41) is -0.0500. The zero-order valence-electron chi connectivity index (χ0n) is 15.5. The summed E-state index contributed by atoms with van der Waals surface area (Å²) in [5.74, 6) is -1.39. The van der Waals surface area contributed by atoms with Crippen LogP contribution in [0.4, 0.5) is 5.69 Å². The van der Waals surface area contributed by atoms with E-state index in [0.717, 1.165) is 24.4 Å². The second-order valence-electron chi connectivity index (χ2n) is 6.74. The molecule has 2 amide bonds. The molecule has 8 heteroatoms. The molecular formula is C19H23ClN3O4+. The average Bonchev–Trinajstić information content (AvgIpc) is 2.90. The van der Waals surface area contributed by atoms with Gasteiger partial charge < -0.3 is 14.5 Å². The van der Waals surface area contributed by atoms with Gasteiger partial charge in [-0.3, -0.25) is 9.59 Å². The van der Waals surface area contributed by atoms with Crippen molar-refractivity contribution in [2.24, 2.45) is 0 Å². The summed E-state index contributed by atoms with van der Waals surface area (Å²) >= 11 is 6.22. The SMILES string of the molecule is CCCOC(=O)c1ccc(N2C(=O)C(Cl)=C(N3CC[NH+](C)CC3)C2=O)cc1. The molecule has 2 heterocycles. The van der Waals surface area contributed by atoms with E-state index >= 15 is 0 Å². The number of nitrogens with zero attached hydrogens (tertiary/aromatic N) is 2. The molecule has 0 saturated carbocycles. The van der Waals surface area contributed by atoms with Gasteiger partial charge in [-0.05, 0) is 30.7 Å². The van der Waals surface area contributed by atoms with Gasteiger partial charge >= 0.3 is 5.97 Å². The number of imide groups is 1. The molecule has 1 aromatic carbocycles. The Morgan fingerprint density at radius 1 is 1.15 bits per heavy atom. The van der Waals surface area contributed by atoms with Crippen molar-refractivity contribution in [3.05, 3.63) is 40.6 Å². The number of nitrogens with one attached hydrogen (secondary N) is 1. The maximum Gasteiger partial charge on any atom is 0.338 e. The number of anilines is 1. The predicted molar refractivity (Wildman–Crippen MR) is 101 cm³/mol. The summed E-state index contributed by atoms with van der Waals surface area (Å²) in [4.78, 5) is 41.7. The Hall–Kier alpha value is -2.38. The molecule has 144 valence electrons. The van der Waals surface area contributed by atoms with Crippen LogP contribution in [0.15, 0.2) is 35.0 Å². The fraction of sp³-hybridized carbons (Fsp3) is 0.421. The molecule has 2 aliphatic rings. The van der Waals surface area contributed by atoms with E-state index in [-0.39, 0.29) is 10.7 Å². The number of hydrogen-bond acceptors (Lipinski definition) is 5. The quantitative estimate of drug-likeness (QED) is 0.580. The van der Waals surface area contributed by atoms with E-state index in [1.165, 1.54) is 4.90 Å². The Labute approximate surface area is 163 Å². The number of halogens is 1. The van der Waals surface area contributed by atoms with Gasteiger partial charge in [0, 0.05) is 0 Å². The van der Waals surface area contributed by atoms with Crippen molar-refractivity contribution >= 4 is 35.1 Å². The van der Waals surface area contributed by atoms with Gasteiger partial charge in [0.05, 0.1) is 51.1 Å². The maximum atomic E-state index is 12.9. The molecule has 1 aromatic rings. The largest absolute Gasteiger partial charge is 0.462 e. The van der Waals surface area contributed by atoms with Gasteiger partial charge in [-0.15, -0.1) is 0 Å². The lowest BCUT2D eigenvalue weighted by Gasteiger charge is -2.31. The third-order valence-electron chi connectivity index (χ3n) is 4.74. The van der Waals surface area contributed by atoms with Crippen LogP contribution in [0.25, 0.3) is 0 Å². The molecule has 0 bridgehead atoms. The number of amides is 2. The Bertz CT molecular complexity index is 783. The molecule has 0 radical (unpaired) electrons. The summed E-state index contributed by atoms with van der Waals surface area (Å²) in [6.45, 7) is 5.36. The van der Waals surface area contributed by atoms with E-state index in [9.17, 15) is 14.4 Å². The van der Waals surface area contributed by atoms with Crippen molar-refractivity contribution < 1.29 is 24.0 Å². The van der Waals surface area contributed by atoms with Crippen LogP contribution in [0.5, 0.6) is 0 Å². The van der Waals surface area contributed by atoms with Crippen LogP contribution in [-0.2, 0) is 14.3 Å². The molecule has 0 spiro atoms. The molecule has 1 fully saturated rings. The van der Waals surface area contributed by atoms with Gasteiger partial charge in [0.15, 0.2) is 0 Å². The Kier molecular flexibility index (Phi) is 5.82. The first-order valence-electron chi connectivity index (χ1n) is 9.06. The molecule has 0 aromatic heterocycles. The first-order chi connectivity index (χ1) is 12.9. The molecule has 27 heavy (non-hydrogen) atoms. The van der Waals surface area contributed by atoms with Crippen LogP contribution in [0.1, 0.15) is 23.7 Å². The highest BCUT2D eigenvalue weighted by molar-refractivity contribution is 6.52. The monoisotopic (exact) mass is 392 g/mol. The minimum Gasteiger partial charge on any atom is -0.462 e. The Balaban J connectivity index is 1.77. The van der Waals surface area contributed by atoms with E-state index in [1.807, 2.05) is 11.8 Å². The second kappa shape index (κ2) is 8.10. The topological polar surface area (TPSA) is 71.4 Å². The number of carbonyl (C=O) groups excluding carboxylic acids is 3. The maximum absolute atomic E-state index is 12.9. The minimum absolute atomic E-state index is 0.0500. The molecule has 0 unspecified atom stereocenters. The number of benzene rings is 1. The zero-order chi connectivity index (χ0) is 19.6. The molecule has 3 rings (SSSR count). The number of quaternary nitrogens is 1. The summed E-state index contributed by atoms with van der Waals surface area (Å²) in [7, 11) is 2.09. The summed E-state index contributed by atoms with van der Waals surface area (Å²) in [5.41, 5.74) is 1.01. The smallest absolute Gasteiger partial charge is 0.338 e. The molecule has 1 saturated heterocycles. The summed E-state index contributed by atoms with van der Waals surface area (Å²) in [6, 6.07) is 6.19. The standard InChI is InChI=1S/C19H22ClN3O4/c1-3-12-27-19(26)13-4-6-14(7-5-13)23-17(24)15(20)16(18(23)25)22-10-8-21(2)9-11-22/h4-7H,3,8-12H2,1-2H3/p+1. The fourth-order valence-electron chi connectivity index (χ4n) is 3.14. The molecule has 2 aliphatic heterocycles. The first kappa shape index (κ1) is 19.4. The number of esters is 1. The number of rotatable bonds is 5. The van der Waals surface area contributed by atoms with Gasteiger partial charge in [0.25, 0.3) is 11.8 Å². The fourth-order valence-corrected chi connectivity index (χ4v) is 3.42. The third kappa shape index (κ3) is 3.84. The van der Waals surface area contributed by atoms with E-state index in [1.54, 1.807) is 24.3 Å². The Morgan fingerprint density at radius 2 is 1.78 bits per heavy atom.